The van der Waals surface area contributed by atoms with Gasteiger partial charge in [0.1, 0.15) is 0 Å². The molecule has 0 amide bonds. The highest BCUT2D eigenvalue weighted by molar-refractivity contribution is 5.37. The van der Waals surface area contributed by atoms with Crippen molar-refractivity contribution in [2.75, 3.05) is 0 Å². The van der Waals surface area contributed by atoms with E-state index in [1.54, 1.807) is 6.08 Å². The number of hydrogen-bond acceptors (Lipinski definition) is 0. The summed E-state index contributed by atoms with van der Waals surface area (Å²) in [4.78, 5) is 0. The molecule has 0 nitrogen and oxygen atoms in total. The highest BCUT2D eigenvalue weighted by Gasteiger charge is 2.33. The van der Waals surface area contributed by atoms with Crippen molar-refractivity contribution in [2.24, 2.45) is 0 Å². The highest BCUT2D eigenvalue weighted by atomic mass is 19.3. The van der Waals surface area contributed by atoms with Crippen LogP contribution in [0.25, 0.3) is 0 Å². The topological polar surface area (TPSA) is 0 Å². The van der Waals surface area contributed by atoms with Gasteiger partial charge in [0.05, 0.1) is 0 Å². The summed E-state index contributed by atoms with van der Waals surface area (Å²) in [6.07, 6.45) is 7.27. The molecule has 0 saturated heterocycles. The van der Waals surface area contributed by atoms with Gasteiger partial charge in [0.2, 0.25) is 0 Å². The summed E-state index contributed by atoms with van der Waals surface area (Å²) in [5.74, 6) is -2.55. The minimum absolute atomic E-state index is 0.102. The third-order valence-electron chi connectivity index (χ3n) is 2.88. The normalized spacial score (nSPS) is 23.4. The van der Waals surface area contributed by atoms with Gasteiger partial charge >= 0.3 is 0 Å². The lowest BCUT2D eigenvalue weighted by Gasteiger charge is -2.24. The van der Waals surface area contributed by atoms with Crippen LogP contribution in [0.15, 0.2) is 34.9 Å². The lowest BCUT2D eigenvalue weighted by atomic mass is 9.87. The van der Waals surface area contributed by atoms with E-state index in [4.69, 9.17) is 0 Å². The van der Waals surface area contributed by atoms with Gasteiger partial charge in [0, 0.05) is 12.8 Å². The Kier molecular flexibility index (Phi) is 4.45. The van der Waals surface area contributed by atoms with Gasteiger partial charge in [-0.05, 0) is 37.8 Å². The molecule has 0 unspecified atom stereocenters. The maximum atomic E-state index is 13.2. The number of alkyl halides is 2. The van der Waals surface area contributed by atoms with Gasteiger partial charge in [-0.2, -0.15) is 0 Å². The van der Waals surface area contributed by atoms with E-state index in [0.717, 1.165) is 24.0 Å². The molecule has 0 radical (unpaired) electrons. The monoisotopic (exact) mass is 226 g/mol. The summed E-state index contributed by atoms with van der Waals surface area (Å²) in [6.45, 7) is 5.98. The van der Waals surface area contributed by atoms with Crippen molar-refractivity contribution in [3.63, 3.8) is 0 Å². The zero-order valence-electron chi connectivity index (χ0n) is 10.3. The molecule has 0 saturated carbocycles. The molecule has 0 atom stereocenters. The number of allylic oxidation sites excluding steroid dienone is 6. The zero-order valence-corrected chi connectivity index (χ0v) is 10.3. The van der Waals surface area contributed by atoms with Crippen molar-refractivity contribution in [1.82, 2.24) is 0 Å². The first-order valence-electron chi connectivity index (χ1n) is 5.86. The van der Waals surface area contributed by atoms with Crippen LogP contribution >= 0.6 is 0 Å². The van der Waals surface area contributed by atoms with Gasteiger partial charge in [-0.15, -0.1) is 0 Å². The second-order valence-electron chi connectivity index (χ2n) is 4.42. The summed E-state index contributed by atoms with van der Waals surface area (Å²) in [5.41, 5.74) is 3.15. The van der Waals surface area contributed by atoms with Crippen molar-refractivity contribution < 1.29 is 8.78 Å². The minimum atomic E-state index is -2.55. The van der Waals surface area contributed by atoms with Crippen molar-refractivity contribution in [2.45, 2.75) is 52.4 Å². The zero-order chi connectivity index (χ0) is 12.2. The van der Waals surface area contributed by atoms with Crippen LogP contribution in [-0.2, 0) is 0 Å². The molecule has 0 fully saturated rings. The van der Waals surface area contributed by atoms with Crippen LogP contribution in [0.2, 0.25) is 0 Å². The largest absolute Gasteiger partial charge is 0.255 e. The van der Waals surface area contributed by atoms with Crippen LogP contribution < -0.4 is 0 Å². The number of rotatable bonds is 3. The van der Waals surface area contributed by atoms with Crippen LogP contribution in [0.3, 0.4) is 0 Å². The summed E-state index contributed by atoms with van der Waals surface area (Å²) in [6, 6.07) is 0. The molecular formula is C14H20F2. The molecule has 16 heavy (non-hydrogen) atoms. The molecule has 1 rings (SSSR count). The van der Waals surface area contributed by atoms with Gasteiger partial charge < -0.3 is 0 Å². The molecule has 1 aliphatic carbocycles. The molecule has 2 heteroatoms. The van der Waals surface area contributed by atoms with Crippen LogP contribution in [0.1, 0.15) is 46.5 Å². The van der Waals surface area contributed by atoms with E-state index < -0.39 is 5.92 Å². The third-order valence-corrected chi connectivity index (χ3v) is 2.88. The molecule has 0 bridgehead atoms. The van der Waals surface area contributed by atoms with Crippen LogP contribution in [0.5, 0.6) is 0 Å². The quantitative estimate of drug-likeness (QED) is 0.592. The van der Waals surface area contributed by atoms with Gasteiger partial charge in [0.15, 0.2) is 0 Å². The number of halogens is 2. The molecule has 0 aromatic carbocycles. The average molecular weight is 226 g/mol. The first-order valence-corrected chi connectivity index (χ1v) is 5.86. The third kappa shape index (κ3) is 3.58. The van der Waals surface area contributed by atoms with E-state index in [-0.39, 0.29) is 12.8 Å². The van der Waals surface area contributed by atoms with Crippen LogP contribution in [-0.4, -0.2) is 5.92 Å². The van der Waals surface area contributed by atoms with E-state index in [1.165, 1.54) is 5.57 Å². The van der Waals surface area contributed by atoms with E-state index in [0.29, 0.717) is 0 Å². The molecular weight excluding hydrogens is 206 g/mol. The Labute approximate surface area is 96.7 Å². The van der Waals surface area contributed by atoms with Gasteiger partial charge in [0.25, 0.3) is 5.92 Å². The maximum absolute atomic E-state index is 13.2. The van der Waals surface area contributed by atoms with Crippen LogP contribution in [0, 0.1) is 0 Å². The SMILES string of the molecule is C/C=C1/CC(F)(F)CC=C1C/C(C)=C/CC. The smallest absolute Gasteiger partial charge is 0.206 e. The lowest BCUT2D eigenvalue weighted by molar-refractivity contribution is 0.00208. The summed E-state index contributed by atoms with van der Waals surface area (Å²) in [7, 11) is 0. The Bertz CT molecular complexity index is 333. The molecule has 90 valence electrons. The predicted octanol–water partition coefficient (Wildman–Crippen LogP) is 5.03. The molecule has 0 heterocycles. The van der Waals surface area contributed by atoms with E-state index >= 15 is 0 Å². The van der Waals surface area contributed by atoms with Gasteiger partial charge in [-0.3, -0.25) is 0 Å². The lowest BCUT2D eigenvalue weighted by Crippen LogP contribution is -2.20. The Morgan fingerprint density at radius 2 is 2.19 bits per heavy atom. The summed E-state index contributed by atoms with van der Waals surface area (Å²) < 4.78 is 26.4. The van der Waals surface area contributed by atoms with Crippen molar-refractivity contribution in [3.05, 3.63) is 34.9 Å². The fourth-order valence-corrected chi connectivity index (χ4v) is 2.06. The summed E-state index contributed by atoms with van der Waals surface area (Å²) in [5, 5.41) is 0. The van der Waals surface area contributed by atoms with E-state index in [2.05, 4.69) is 19.9 Å². The number of hydrogen-bond donors (Lipinski definition) is 0. The summed E-state index contributed by atoms with van der Waals surface area (Å²) >= 11 is 0. The van der Waals surface area contributed by atoms with Crippen molar-refractivity contribution in [3.8, 4) is 0 Å². The Morgan fingerprint density at radius 3 is 2.75 bits per heavy atom. The average Bonchev–Trinajstić information content (AvgIpc) is 2.21. The maximum Gasteiger partial charge on any atom is 0.255 e. The first kappa shape index (κ1) is 13.1. The predicted molar refractivity (Wildman–Crippen MR) is 64.7 cm³/mol. The second-order valence-corrected chi connectivity index (χ2v) is 4.42. The fraction of sp³-hybridized carbons (Fsp3) is 0.571. The Balaban J connectivity index is 2.80. The Morgan fingerprint density at radius 1 is 1.50 bits per heavy atom. The standard InChI is InChI=1S/C14H20F2/c1-4-6-11(3)9-13-7-8-14(15,16)10-12(13)5-2/h5-7H,4,8-10H2,1-3H3/b11-6+,12-5-. The molecule has 0 aromatic heterocycles. The molecule has 0 aromatic rings. The van der Waals surface area contributed by atoms with Gasteiger partial charge in [-0.25, -0.2) is 8.78 Å². The Hall–Kier alpha value is -0.920. The highest BCUT2D eigenvalue weighted by Crippen LogP contribution is 2.37. The minimum Gasteiger partial charge on any atom is -0.206 e. The molecule has 0 aliphatic heterocycles. The molecule has 0 spiro atoms. The van der Waals surface area contributed by atoms with Crippen molar-refractivity contribution >= 4 is 0 Å². The van der Waals surface area contributed by atoms with E-state index in [9.17, 15) is 8.78 Å². The second kappa shape index (κ2) is 5.42. The first-order chi connectivity index (χ1) is 7.48. The van der Waals surface area contributed by atoms with Crippen LogP contribution in [0.4, 0.5) is 8.78 Å². The van der Waals surface area contributed by atoms with Gasteiger partial charge in [-0.1, -0.05) is 30.7 Å². The van der Waals surface area contributed by atoms with E-state index in [1.807, 2.05) is 13.0 Å². The van der Waals surface area contributed by atoms with Crippen molar-refractivity contribution in [1.29, 1.82) is 0 Å². The fourth-order valence-electron chi connectivity index (χ4n) is 2.06. The molecule has 0 N–H and O–H groups in total. The molecule has 1 aliphatic rings.